The molecular formula is C13H19. The number of hydrogen-bond acceptors (Lipinski definition) is 0. The van der Waals surface area contributed by atoms with Gasteiger partial charge in [-0.05, 0) is 51.0 Å². The summed E-state index contributed by atoms with van der Waals surface area (Å²) in [6.45, 7) is 0. The predicted octanol–water partition coefficient (Wildman–Crippen LogP) is 4.20. The maximum atomic E-state index is 3.29. The summed E-state index contributed by atoms with van der Waals surface area (Å²) >= 11 is 0. The normalized spacial score (nSPS) is 27.7. The first-order chi connectivity index (χ1) is 6.50. The lowest BCUT2D eigenvalue weighted by Gasteiger charge is -1.92. The Hall–Kier alpha value is -0.780. The average Bonchev–Trinajstić information content (AvgIpc) is 2.18. The van der Waals surface area contributed by atoms with E-state index in [-0.39, 0.29) is 0 Å². The number of allylic oxidation sites excluding steroid dienone is 6. The van der Waals surface area contributed by atoms with Crippen LogP contribution in [0.2, 0.25) is 0 Å². The van der Waals surface area contributed by atoms with Gasteiger partial charge in [0.15, 0.2) is 0 Å². The van der Waals surface area contributed by atoms with Gasteiger partial charge < -0.3 is 0 Å². The fourth-order valence-electron chi connectivity index (χ4n) is 1.39. The van der Waals surface area contributed by atoms with Crippen molar-refractivity contribution in [3.05, 3.63) is 36.5 Å². The van der Waals surface area contributed by atoms with Crippen LogP contribution in [-0.4, -0.2) is 0 Å². The molecule has 0 saturated heterocycles. The molecule has 0 amide bonds. The van der Waals surface area contributed by atoms with Crippen molar-refractivity contribution in [2.45, 2.75) is 44.9 Å². The maximum absolute atomic E-state index is 3.29. The van der Waals surface area contributed by atoms with Gasteiger partial charge in [0.1, 0.15) is 0 Å². The Morgan fingerprint density at radius 1 is 0.692 bits per heavy atom. The van der Waals surface area contributed by atoms with Crippen LogP contribution in [0.1, 0.15) is 44.9 Å². The third kappa shape index (κ3) is 6.39. The maximum Gasteiger partial charge on any atom is -0.00979 e. The van der Waals surface area contributed by atoms with Crippen LogP contribution in [0, 0.1) is 6.08 Å². The fraction of sp³-hybridized carbons (Fsp3) is 0.538. The molecule has 0 spiro atoms. The lowest BCUT2D eigenvalue weighted by atomic mass is 10.1. The van der Waals surface area contributed by atoms with E-state index in [0.717, 1.165) is 6.42 Å². The van der Waals surface area contributed by atoms with Crippen LogP contribution < -0.4 is 0 Å². The molecule has 1 aliphatic rings. The van der Waals surface area contributed by atoms with Gasteiger partial charge in [0.2, 0.25) is 0 Å². The van der Waals surface area contributed by atoms with Gasteiger partial charge in [-0.2, -0.15) is 0 Å². The first kappa shape index (κ1) is 10.3. The zero-order valence-electron chi connectivity index (χ0n) is 8.34. The molecule has 0 aromatic carbocycles. The molecule has 13 heavy (non-hydrogen) atoms. The van der Waals surface area contributed by atoms with Crippen LogP contribution in [0.4, 0.5) is 0 Å². The van der Waals surface area contributed by atoms with Crippen molar-refractivity contribution in [1.29, 1.82) is 0 Å². The van der Waals surface area contributed by atoms with Gasteiger partial charge in [-0.15, -0.1) is 0 Å². The molecule has 1 radical (unpaired) electrons. The molecule has 0 heterocycles. The molecule has 0 bridgehead atoms. The van der Waals surface area contributed by atoms with Crippen molar-refractivity contribution in [2.24, 2.45) is 0 Å². The van der Waals surface area contributed by atoms with Crippen molar-refractivity contribution in [1.82, 2.24) is 0 Å². The van der Waals surface area contributed by atoms with Crippen molar-refractivity contribution in [2.75, 3.05) is 0 Å². The summed E-state index contributed by atoms with van der Waals surface area (Å²) in [4.78, 5) is 0. The van der Waals surface area contributed by atoms with Crippen molar-refractivity contribution < 1.29 is 0 Å². The molecule has 71 valence electrons. The largest absolute Gasteiger partial charge is 0.0885 e. The first-order valence-electron chi connectivity index (χ1n) is 5.35. The highest BCUT2D eigenvalue weighted by atomic mass is 13.9. The van der Waals surface area contributed by atoms with Crippen LogP contribution in [0.15, 0.2) is 30.4 Å². The zero-order valence-corrected chi connectivity index (χ0v) is 8.34. The minimum atomic E-state index is 0.990. The molecule has 0 aromatic heterocycles. The van der Waals surface area contributed by atoms with Gasteiger partial charge in [-0.3, -0.25) is 0 Å². The standard InChI is InChI=1S/C13H19/c1-2-4-6-8-10-12-13-11-9-7-5-3-1/h1-2,7,9,12H,3-6,8,10-11H2/b2-1-,9-7+,13-12?. The van der Waals surface area contributed by atoms with E-state index < -0.39 is 0 Å². The van der Waals surface area contributed by atoms with Crippen molar-refractivity contribution >= 4 is 0 Å². The van der Waals surface area contributed by atoms with Gasteiger partial charge in [0.25, 0.3) is 0 Å². The highest BCUT2D eigenvalue weighted by Gasteiger charge is 1.85. The molecular weight excluding hydrogens is 156 g/mol. The Morgan fingerprint density at radius 2 is 1.38 bits per heavy atom. The van der Waals surface area contributed by atoms with Crippen LogP contribution >= 0.6 is 0 Å². The van der Waals surface area contributed by atoms with Gasteiger partial charge in [0.05, 0.1) is 0 Å². The number of rotatable bonds is 0. The van der Waals surface area contributed by atoms with Crippen molar-refractivity contribution in [3.63, 3.8) is 0 Å². The summed E-state index contributed by atoms with van der Waals surface area (Å²) in [5.41, 5.74) is 0. The second-order valence-electron chi connectivity index (χ2n) is 3.42. The molecule has 1 aliphatic carbocycles. The van der Waals surface area contributed by atoms with Gasteiger partial charge in [0, 0.05) is 0 Å². The minimum absolute atomic E-state index is 0.990. The molecule has 0 unspecified atom stereocenters. The quantitative estimate of drug-likeness (QED) is 0.484. The monoisotopic (exact) mass is 175 g/mol. The second kappa shape index (κ2) is 7.85. The molecule has 0 saturated carbocycles. The molecule has 0 aliphatic heterocycles. The highest BCUT2D eigenvalue weighted by molar-refractivity contribution is 4.91. The molecule has 0 nitrogen and oxygen atoms in total. The Bertz CT molecular complexity index is 184. The minimum Gasteiger partial charge on any atom is -0.0885 e. The smallest absolute Gasteiger partial charge is 0.00979 e. The molecule has 0 heteroatoms. The molecule has 0 atom stereocenters. The van der Waals surface area contributed by atoms with Crippen LogP contribution in [-0.2, 0) is 0 Å². The van der Waals surface area contributed by atoms with E-state index in [4.69, 9.17) is 0 Å². The van der Waals surface area contributed by atoms with Gasteiger partial charge in [-0.1, -0.05) is 30.4 Å². The fourth-order valence-corrected chi connectivity index (χ4v) is 1.39. The average molecular weight is 175 g/mol. The van der Waals surface area contributed by atoms with E-state index in [0.29, 0.717) is 0 Å². The third-order valence-corrected chi connectivity index (χ3v) is 2.18. The molecule has 0 fully saturated rings. The lowest BCUT2D eigenvalue weighted by Crippen LogP contribution is -1.72. The van der Waals surface area contributed by atoms with Gasteiger partial charge >= 0.3 is 0 Å². The summed E-state index contributed by atoms with van der Waals surface area (Å²) in [5.74, 6) is 0. The van der Waals surface area contributed by atoms with E-state index in [2.05, 4.69) is 36.5 Å². The lowest BCUT2D eigenvalue weighted by molar-refractivity contribution is 0.759. The van der Waals surface area contributed by atoms with Crippen LogP contribution in [0.5, 0.6) is 0 Å². The van der Waals surface area contributed by atoms with E-state index in [1.54, 1.807) is 0 Å². The van der Waals surface area contributed by atoms with E-state index >= 15 is 0 Å². The predicted molar refractivity (Wildman–Crippen MR) is 58.4 cm³/mol. The van der Waals surface area contributed by atoms with Crippen molar-refractivity contribution in [3.8, 4) is 0 Å². The summed E-state index contributed by atoms with van der Waals surface area (Å²) in [6, 6.07) is 0. The Kier molecular flexibility index (Phi) is 6.22. The van der Waals surface area contributed by atoms with E-state index in [1.807, 2.05) is 0 Å². The number of hydrogen-bond donors (Lipinski definition) is 0. The zero-order chi connectivity index (χ0) is 9.19. The summed E-state index contributed by atoms with van der Waals surface area (Å²) in [5, 5.41) is 0. The molecule has 0 N–H and O–H groups in total. The summed E-state index contributed by atoms with van der Waals surface area (Å²) in [6.07, 6.45) is 23.0. The topological polar surface area (TPSA) is 0 Å². The summed E-state index contributed by atoms with van der Waals surface area (Å²) in [7, 11) is 0. The van der Waals surface area contributed by atoms with Gasteiger partial charge in [-0.25, -0.2) is 0 Å². The van der Waals surface area contributed by atoms with E-state index in [1.165, 1.54) is 38.5 Å². The molecule has 0 aromatic rings. The molecule has 1 rings (SSSR count). The third-order valence-electron chi connectivity index (χ3n) is 2.18. The Morgan fingerprint density at radius 3 is 2.31 bits per heavy atom. The van der Waals surface area contributed by atoms with Crippen LogP contribution in [0.3, 0.4) is 0 Å². The second-order valence-corrected chi connectivity index (χ2v) is 3.42. The SMILES string of the molecule is [C]1=C/CCCC/C=C\CC/C=C/C/1. The summed E-state index contributed by atoms with van der Waals surface area (Å²) < 4.78 is 0. The highest BCUT2D eigenvalue weighted by Crippen LogP contribution is 2.04. The Balaban J connectivity index is 2.28. The van der Waals surface area contributed by atoms with Crippen LogP contribution in [0.25, 0.3) is 0 Å². The van der Waals surface area contributed by atoms with E-state index in [9.17, 15) is 0 Å². The first-order valence-corrected chi connectivity index (χ1v) is 5.35. The Labute approximate surface area is 82.0 Å².